The first-order chi connectivity index (χ1) is 10.6. The van der Waals surface area contributed by atoms with E-state index in [-0.39, 0.29) is 17.9 Å². The van der Waals surface area contributed by atoms with Crippen molar-refractivity contribution in [1.82, 2.24) is 0 Å². The summed E-state index contributed by atoms with van der Waals surface area (Å²) >= 11 is 0. The van der Waals surface area contributed by atoms with Crippen LogP contribution in [0.15, 0.2) is 18.2 Å². The molecule has 2 unspecified atom stereocenters. The fourth-order valence-electron chi connectivity index (χ4n) is 3.53. The summed E-state index contributed by atoms with van der Waals surface area (Å²) in [4.78, 5) is 26.4. The highest BCUT2D eigenvalue weighted by atomic mass is 16.5. The number of amides is 2. The Morgan fingerprint density at radius 3 is 2.86 bits per heavy atom. The van der Waals surface area contributed by atoms with Gasteiger partial charge >= 0.3 is 0 Å². The SMILES string of the molecule is CC1OCCCC1C(=O)N1CCCc2c(C(N)=O)cccc21. The highest BCUT2D eigenvalue weighted by Gasteiger charge is 2.34. The largest absolute Gasteiger partial charge is 0.378 e. The molecule has 1 saturated heterocycles. The number of primary amides is 1. The summed E-state index contributed by atoms with van der Waals surface area (Å²) in [5.41, 5.74) is 7.73. The fourth-order valence-corrected chi connectivity index (χ4v) is 3.53. The van der Waals surface area contributed by atoms with Gasteiger partial charge in [-0.05, 0) is 50.3 Å². The second-order valence-electron chi connectivity index (χ2n) is 6.09. The maximum absolute atomic E-state index is 12.9. The van der Waals surface area contributed by atoms with Crippen LogP contribution in [0, 0.1) is 5.92 Å². The molecule has 2 N–H and O–H groups in total. The number of hydrogen-bond donors (Lipinski definition) is 1. The number of nitrogens with two attached hydrogens (primary N) is 1. The molecule has 0 spiro atoms. The topological polar surface area (TPSA) is 72.6 Å². The van der Waals surface area contributed by atoms with Gasteiger partial charge in [-0.25, -0.2) is 0 Å². The van der Waals surface area contributed by atoms with Crippen LogP contribution in [0.2, 0.25) is 0 Å². The third-order valence-corrected chi connectivity index (χ3v) is 4.71. The van der Waals surface area contributed by atoms with Crippen LogP contribution in [0.5, 0.6) is 0 Å². The van der Waals surface area contributed by atoms with Crippen molar-refractivity contribution in [2.45, 2.75) is 38.7 Å². The van der Waals surface area contributed by atoms with Crippen molar-refractivity contribution < 1.29 is 14.3 Å². The van der Waals surface area contributed by atoms with Crippen molar-refractivity contribution in [3.05, 3.63) is 29.3 Å². The first-order valence-electron chi connectivity index (χ1n) is 7.94. The first kappa shape index (κ1) is 15.0. The normalized spacial score (nSPS) is 24.7. The van der Waals surface area contributed by atoms with Gasteiger partial charge in [-0.2, -0.15) is 0 Å². The molecule has 3 rings (SSSR count). The summed E-state index contributed by atoms with van der Waals surface area (Å²) in [5.74, 6) is -0.424. The minimum Gasteiger partial charge on any atom is -0.378 e. The number of nitrogens with zero attached hydrogens (tertiary/aromatic N) is 1. The molecule has 2 atom stereocenters. The summed E-state index contributed by atoms with van der Waals surface area (Å²) in [7, 11) is 0. The molecule has 1 aromatic carbocycles. The molecule has 2 aliphatic heterocycles. The van der Waals surface area contributed by atoms with Gasteiger partial charge in [-0.3, -0.25) is 9.59 Å². The quantitative estimate of drug-likeness (QED) is 0.906. The number of ether oxygens (including phenoxy) is 1. The van der Waals surface area contributed by atoms with Crippen molar-refractivity contribution in [3.63, 3.8) is 0 Å². The zero-order valence-corrected chi connectivity index (χ0v) is 12.9. The average Bonchev–Trinajstić information content (AvgIpc) is 2.53. The number of anilines is 1. The monoisotopic (exact) mass is 302 g/mol. The zero-order valence-electron chi connectivity index (χ0n) is 12.9. The van der Waals surface area contributed by atoms with E-state index in [1.807, 2.05) is 17.9 Å². The van der Waals surface area contributed by atoms with Gasteiger partial charge in [0.25, 0.3) is 0 Å². The molecule has 118 valence electrons. The highest BCUT2D eigenvalue weighted by molar-refractivity contribution is 6.01. The molecule has 5 heteroatoms. The number of hydrogen-bond acceptors (Lipinski definition) is 3. The summed E-state index contributed by atoms with van der Waals surface area (Å²) in [6, 6.07) is 5.44. The second kappa shape index (κ2) is 6.08. The Hall–Kier alpha value is -1.88. The van der Waals surface area contributed by atoms with Crippen LogP contribution < -0.4 is 10.6 Å². The van der Waals surface area contributed by atoms with Crippen LogP contribution in [0.4, 0.5) is 5.69 Å². The van der Waals surface area contributed by atoms with Gasteiger partial charge in [-0.15, -0.1) is 0 Å². The summed E-state index contributed by atoms with van der Waals surface area (Å²) in [6.07, 6.45) is 3.37. The Morgan fingerprint density at radius 1 is 1.32 bits per heavy atom. The minimum absolute atomic E-state index is 0.0500. The van der Waals surface area contributed by atoms with E-state index in [1.54, 1.807) is 12.1 Å². The van der Waals surface area contributed by atoms with Crippen LogP contribution >= 0.6 is 0 Å². The van der Waals surface area contributed by atoms with Gasteiger partial charge in [0, 0.05) is 24.4 Å². The van der Waals surface area contributed by atoms with Gasteiger partial charge < -0.3 is 15.4 Å². The van der Waals surface area contributed by atoms with Gasteiger partial charge in [-0.1, -0.05) is 6.07 Å². The van der Waals surface area contributed by atoms with E-state index in [1.165, 1.54) is 0 Å². The predicted molar refractivity (Wildman–Crippen MR) is 83.8 cm³/mol. The molecule has 0 radical (unpaired) electrons. The summed E-state index contributed by atoms with van der Waals surface area (Å²) in [5, 5.41) is 0. The number of benzene rings is 1. The van der Waals surface area contributed by atoms with Crippen LogP contribution in [0.1, 0.15) is 42.1 Å². The van der Waals surface area contributed by atoms with E-state index in [0.717, 1.165) is 43.5 Å². The molecule has 1 aromatic rings. The van der Waals surface area contributed by atoms with E-state index in [2.05, 4.69) is 0 Å². The predicted octanol–water partition coefficient (Wildman–Crippen LogP) is 1.88. The Bertz CT molecular complexity index is 600. The smallest absolute Gasteiger partial charge is 0.249 e. The Kier molecular flexibility index (Phi) is 4.16. The average molecular weight is 302 g/mol. The molecule has 0 bridgehead atoms. The van der Waals surface area contributed by atoms with Crippen molar-refractivity contribution in [1.29, 1.82) is 0 Å². The van der Waals surface area contributed by atoms with Crippen molar-refractivity contribution in [2.24, 2.45) is 11.7 Å². The molecule has 2 amide bonds. The zero-order chi connectivity index (χ0) is 15.7. The molecule has 2 heterocycles. The minimum atomic E-state index is -0.430. The second-order valence-corrected chi connectivity index (χ2v) is 6.09. The fraction of sp³-hybridized carbons (Fsp3) is 0.529. The van der Waals surface area contributed by atoms with E-state index >= 15 is 0 Å². The van der Waals surface area contributed by atoms with E-state index < -0.39 is 5.91 Å². The molecule has 22 heavy (non-hydrogen) atoms. The van der Waals surface area contributed by atoms with Gasteiger partial charge in [0.1, 0.15) is 0 Å². The van der Waals surface area contributed by atoms with E-state index in [0.29, 0.717) is 12.1 Å². The van der Waals surface area contributed by atoms with Crippen LogP contribution in [-0.4, -0.2) is 31.1 Å². The van der Waals surface area contributed by atoms with Gasteiger partial charge in [0.2, 0.25) is 11.8 Å². The Labute approximate surface area is 130 Å². The van der Waals surface area contributed by atoms with Crippen LogP contribution in [0.3, 0.4) is 0 Å². The number of fused-ring (bicyclic) bond motifs is 1. The van der Waals surface area contributed by atoms with Crippen molar-refractivity contribution in [2.75, 3.05) is 18.1 Å². The lowest BCUT2D eigenvalue weighted by atomic mass is 9.90. The lowest BCUT2D eigenvalue weighted by molar-refractivity contribution is -0.130. The maximum Gasteiger partial charge on any atom is 0.249 e. The van der Waals surface area contributed by atoms with Gasteiger partial charge in [0.15, 0.2) is 0 Å². The van der Waals surface area contributed by atoms with Crippen LogP contribution in [-0.2, 0) is 16.0 Å². The number of carbonyl (C=O) groups excluding carboxylic acids is 2. The molecule has 1 fully saturated rings. The lowest BCUT2D eigenvalue weighted by Crippen LogP contribution is -2.45. The molecule has 2 aliphatic rings. The summed E-state index contributed by atoms with van der Waals surface area (Å²) < 4.78 is 5.63. The van der Waals surface area contributed by atoms with Gasteiger partial charge in [0.05, 0.1) is 12.0 Å². The summed E-state index contributed by atoms with van der Waals surface area (Å²) in [6.45, 7) is 3.39. The van der Waals surface area contributed by atoms with Crippen LogP contribution in [0.25, 0.3) is 0 Å². The molecule has 5 nitrogen and oxygen atoms in total. The lowest BCUT2D eigenvalue weighted by Gasteiger charge is -2.36. The van der Waals surface area contributed by atoms with E-state index in [9.17, 15) is 9.59 Å². The third kappa shape index (κ3) is 2.61. The Morgan fingerprint density at radius 2 is 2.14 bits per heavy atom. The van der Waals surface area contributed by atoms with E-state index in [4.69, 9.17) is 10.5 Å². The first-order valence-corrected chi connectivity index (χ1v) is 7.94. The number of carbonyl (C=O) groups is 2. The standard InChI is InChI=1S/C17H22N2O3/c1-11-12(7-4-10-22-11)17(21)19-9-3-6-13-14(16(18)20)5-2-8-15(13)19/h2,5,8,11-12H,3-4,6-7,9-10H2,1H3,(H2,18,20). The maximum atomic E-state index is 12.9. The van der Waals surface area contributed by atoms with Crippen molar-refractivity contribution in [3.8, 4) is 0 Å². The van der Waals surface area contributed by atoms with Crippen molar-refractivity contribution >= 4 is 17.5 Å². The third-order valence-electron chi connectivity index (χ3n) is 4.71. The molecular formula is C17H22N2O3. The molecule has 0 aliphatic carbocycles. The highest BCUT2D eigenvalue weighted by Crippen LogP contribution is 2.33. The Balaban J connectivity index is 1.93. The molecular weight excluding hydrogens is 280 g/mol. The molecule has 0 saturated carbocycles. The number of rotatable bonds is 2. The molecule has 0 aromatic heterocycles.